The van der Waals surface area contributed by atoms with Crippen LogP contribution in [0.1, 0.15) is 17.0 Å². The summed E-state index contributed by atoms with van der Waals surface area (Å²) in [5, 5.41) is 4.39. The molecule has 1 aromatic heterocycles. The predicted octanol–water partition coefficient (Wildman–Crippen LogP) is 2.04. The fourth-order valence-electron chi connectivity index (χ4n) is 1.87. The lowest BCUT2D eigenvalue weighted by molar-refractivity contribution is 0.289. The van der Waals surface area contributed by atoms with Crippen LogP contribution in [0.3, 0.4) is 0 Å². The topological polar surface area (TPSA) is 53.1 Å². The first-order valence-corrected chi connectivity index (χ1v) is 6.12. The fourth-order valence-corrected chi connectivity index (χ4v) is 1.87. The average molecular weight is 245 g/mol. The molecule has 0 saturated carbocycles. The van der Waals surface area contributed by atoms with E-state index in [0.29, 0.717) is 13.2 Å². The zero-order valence-electron chi connectivity index (χ0n) is 10.9. The molecule has 0 atom stereocenters. The highest BCUT2D eigenvalue weighted by Gasteiger charge is 2.01. The number of ether oxygens (including phenoxy) is 1. The van der Waals surface area contributed by atoms with Gasteiger partial charge in [0.25, 0.3) is 0 Å². The number of hydrogen-bond acceptors (Lipinski definition) is 3. The molecule has 0 saturated heterocycles. The number of rotatable bonds is 5. The van der Waals surface area contributed by atoms with Gasteiger partial charge in [0, 0.05) is 12.2 Å². The number of benzene rings is 1. The van der Waals surface area contributed by atoms with Crippen molar-refractivity contribution in [2.75, 3.05) is 6.61 Å². The SMILES string of the molecule is Cc1cc(C)n(CCOc2ccc(CN)cc2)n1. The van der Waals surface area contributed by atoms with E-state index in [1.54, 1.807) is 0 Å². The van der Waals surface area contributed by atoms with Gasteiger partial charge in [-0.05, 0) is 37.6 Å². The second-order valence-electron chi connectivity index (χ2n) is 4.35. The van der Waals surface area contributed by atoms with Crippen molar-refractivity contribution in [1.29, 1.82) is 0 Å². The molecule has 0 bridgehead atoms. The van der Waals surface area contributed by atoms with Crippen molar-refractivity contribution in [3.63, 3.8) is 0 Å². The Morgan fingerprint density at radius 3 is 2.50 bits per heavy atom. The maximum Gasteiger partial charge on any atom is 0.119 e. The van der Waals surface area contributed by atoms with E-state index in [2.05, 4.69) is 18.1 Å². The summed E-state index contributed by atoms with van der Waals surface area (Å²) in [5.74, 6) is 0.869. The highest BCUT2D eigenvalue weighted by molar-refractivity contribution is 5.27. The van der Waals surface area contributed by atoms with Crippen LogP contribution in [0.15, 0.2) is 30.3 Å². The summed E-state index contributed by atoms with van der Waals surface area (Å²) in [6.45, 7) is 5.99. The zero-order chi connectivity index (χ0) is 13.0. The van der Waals surface area contributed by atoms with Gasteiger partial charge in [0.15, 0.2) is 0 Å². The minimum atomic E-state index is 0.562. The molecule has 2 aromatic rings. The van der Waals surface area contributed by atoms with E-state index >= 15 is 0 Å². The number of aromatic nitrogens is 2. The van der Waals surface area contributed by atoms with Crippen molar-refractivity contribution < 1.29 is 4.74 Å². The molecule has 0 radical (unpaired) electrons. The maximum atomic E-state index is 5.67. The first kappa shape index (κ1) is 12.6. The van der Waals surface area contributed by atoms with E-state index in [-0.39, 0.29) is 0 Å². The average Bonchev–Trinajstić information content (AvgIpc) is 2.69. The first-order valence-electron chi connectivity index (χ1n) is 6.12. The standard InChI is InChI=1S/C14H19N3O/c1-11-9-12(2)17(16-11)7-8-18-14-5-3-13(10-15)4-6-14/h3-6,9H,7-8,10,15H2,1-2H3. The Labute approximate surface area is 107 Å². The monoisotopic (exact) mass is 245 g/mol. The van der Waals surface area contributed by atoms with Gasteiger partial charge in [0.2, 0.25) is 0 Å². The van der Waals surface area contributed by atoms with Crippen molar-refractivity contribution in [2.45, 2.75) is 26.9 Å². The zero-order valence-corrected chi connectivity index (χ0v) is 10.9. The summed E-state index contributed by atoms with van der Waals surface area (Å²) in [6, 6.07) is 9.93. The lowest BCUT2D eigenvalue weighted by Crippen LogP contribution is -2.10. The van der Waals surface area contributed by atoms with Gasteiger partial charge in [0.05, 0.1) is 12.2 Å². The fraction of sp³-hybridized carbons (Fsp3) is 0.357. The van der Waals surface area contributed by atoms with Crippen molar-refractivity contribution in [2.24, 2.45) is 5.73 Å². The first-order chi connectivity index (χ1) is 8.69. The van der Waals surface area contributed by atoms with Crippen molar-refractivity contribution in [1.82, 2.24) is 9.78 Å². The van der Waals surface area contributed by atoms with Gasteiger partial charge >= 0.3 is 0 Å². The van der Waals surface area contributed by atoms with Gasteiger partial charge in [-0.1, -0.05) is 12.1 Å². The van der Waals surface area contributed by atoms with Crippen molar-refractivity contribution >= 4 is 0 Å². The van der Waals surface area contributed by atoms with Crippen LogP contribution < -0.4 is 10.5 Å². The quantitative estimate of drug-likeness (QED) is 0.877. The minimum absolute atomic E-state index is 0.562. The minimum Gasteiger partial charge on any atom is -0.492 e. The smallest absolute Gasteiger partial charge is 0.119 e. The molecule has 4 heteroatoms. The third-order valence-electron chi connectivity index (χ3n) is 2.83. The second-order valence-corrected chi connectivity index (χ2v) is 4.35. The molecular formula is C14H19N3O. The molecule has 0 unspecified atom stereocenters. The third kappa shape index (κ3) is 3.11. The van der Waals surface area contributed by atoms with Crippen LogP contribution >= 0.6 is 0 Å². The molecule has 0 aliphatic carbocycles. The molecule has 2 rings (SSSR count). The van der Waals surface area contributed by atoms with E-state index in [0.717, 1.165) is 29.2 Å². The lowest BCUT2D eigenvalue weighted by Gasteiger charge is -2.08. The Balaban J connectivity index is 1.86. The summed E-state index contributed by atoms with van der Waals surface area (Å²) in [5.41, 5.74) is 8.86. The van der Waals surface area contributed by atoms with Crippen LogP contribution in [-0.4, -0.2) is 16.4 Å². The van der Waals surface area contributed by atoms with Gasteiger partial charge < -0.3 is 10.5 Å². The van der Waals surface area contributed by atoms with Gasteiger partial charge in [-0.25, -0.2) is 0 Å². The summed E-state index contributed by atoms with van der Waals surface area (Å²) < 4.78 is 7.63. The molecule has 1 aromatic carbocycles. The number of nitrogens with zero attached hydrogens (tertiary/aromatic N) is 2. The summed E-state index contributed by atoms with van der Waals surface area (Å²) in [6.07, 6.45) is 0. The highest BCUT2D eigenvalue weighted by Crippen LogP contribution is 2.12. The van der Waals surface area contributed by atoms with E-state index in [4.69, 9.17) is 10.5 Å². The van der Waals surface area contributed by atoms with Crippen molar-refractivity contribution in [3.8, 4) is 5.75 Å². The van der Waals surface area contributed by atoms with Crippen LogP contribution in [0.4, 0.5) is 0 Å². The predicted molar refractivity (Wildman–Crippen MR) is 71.5 cm³/mol. The summed E-state index contributed by atoms with van der Waals surface area (Å²) >= 11 is 0. The third-order valence-corrected chi connectivity index (χ3v) is 2.83. The van der Waals surface area contributed by atoms with Crippen molar-refractivity contribution in [3.05, 3.63) is 47.3 Å². The van der Waals surface area contributed by atoms with Crippen LogP contribution in [0, 0.1) is 13.8 Å². The molecule has 96 valence electrons. The summed E-state index contributed by atoms with van der Waals surface area (Å²) in [7, 11) is 0. The molecule has 2 N–H and O–H groups in total. The van der Waals surface area contributed by atoms with Gasteiger partial charge in [-0.3, -0.25) is 4.68 Å². The second kappa shape index (κ2) is 5.69. The molecule has 0 aliphatic heterocycles. The Kier molecular flexibility index (Phi) is 3.99. The normalized spacial score (nSPS) is 10.6. The number of nitrogens with two attached hydrogens (primary N) is 1. The van der Waals surface area contributed by atoms with Crippen LogP contribution in [0.2, 0.25) is 0 Å². The Morgan fingerprint density at radius 1 is 1.22 bits per heavy atom. The van der Waals surface area contributed by atoms with Crippen LogP contribution in [0.25, 0.3) is 0 Å². The Hall–Kier alpha value is -1.81. The highest BCUT2D eigenvalue weighted by atomic mass is 16.5. The van der Waals surface area contributed by atoms with E-state index < -0.39 is 0 Å². The largest absolute Gasteiger partial charge is 0.492 e. The van der Waals surface area contributed by atoms with E-state index in [9.17, 15) is 0 Å². The number of hydrogen-bond donors (Lipinski definition) is 1. The Morgan fingerprint density at radius 2 is 1.94 bits per heavy atom. The van der Waals surface area contributed by atoms with Gasteiger partial charge in [0.1, 0.15) is 12.4 Å². The maximum absolute atomic E-state index is 5.67. The number of aryl methyl sites for hydroxylation is 2. The lowest BCUT2D eigenvalue weighted by atomic mass is 10.2. The van der Waals surface area contributed by atoms with E-state index in [1.165, 1.54) is 0 Å². The van der Waals surface area contributed by atoms with E-state index in [1.807, 2.05) is 35.9 Å². The molecule has 0 aliphatic rings. The molecule has 1 heterocycles. The molecule has 4 nitrogen and oxygen atoms in total. The molecule has 0 amide bonds. The van der Waals surface area contributed by atoms with Gasteiger partial charge in [-0.15, -0.1) is 0 Å². The molecule has 0 fully saturated rings. The van der Waals surface area contributed by atoms with Gasteiger partial charge in [-0.2, -0.15) is 5.10 Å². The molecular weight excluding hydrogens is 226 g/mol. The Bertz CT molecular complexity index is 502. The van der Waals surface area contributed by atoms with Crippen LogP contribution in [-0.2, 0) is 13.1 Å². The molecule has 0 spiro atoms. The molecule has 18 heavy (non-hydrogen) atoms. The summed E-state index contributed by atoms with van der Waals surface area (Å²) in [4.78, 5) is 0. The van der Waals surface area contributed by atoms with Crippen LogP contribution in [0.5, 0.6) is 5.75 Å².